The highest BCUT2D eigenvalue weighted by Crippen LogP contribution is 2.18. The second kappa shape index (κ2) is 5.15. The molecule has 0 radical (unpaired) electrons. The van der Waals surface area contributed by atoms with E-state index in [2.05, 4.69) is 4.72 Å². The molecule has 0 amide bonds. The van der Waals surface area contributed by atoms with E-state index >= 15 is 0 Å². The van der Waals surface area contributed by atoms with Crippen molar-refractivity contribution in [1.82, 2.24) is 0 Å². The summed E-state index contributed by atoms with van der Waals surface area (Å²) in [6.07, 6.45) is 0.992. The third-order valence-corrected chi connectivity index (χ3v) is 4.77. The molecule has 3 N–H and O–H groups in total. The van der Waals surface area contributed by atoms with Gasteiger partial charge in [-0.15, -0.1) is 0 Å². The average Bonchev–Trinajstić information content (AvgIpc) is 2.20. The first-order valence-electron chi connectivity index (χ1n) is 5.13. The van der Waals surface area contributed by atoms with Crippen LogP contribution in [0.15, 0.2) is 18.2 Å². The van der Waals surface area contributed by atoms with Crippen LogP contribution in [0.25, 0.3) is 0 Å². The van der Waals surface area contributed by atoms with Gasteiger partial charge in [0.15, 0.2) is 0 Å². The van der Waals surface area contributed by atoms with Gasteiger partial charge in [-0.3, -0.25) is 4.72 Å². The van der Waals surface area contributed by atoms with Gasteiger partial charge in [0.05, 0.1) is 17.2 Å². The van der Waals surface area contributed by atoms with Crippen LogP contribution < -0.4 is 10.5 Å². The number of nitrogens with two attached hydrogens (primary N) is 1. The summed E-state index contributed by atoms with van der Waals surface area (Å²) in [5.41, 5.74) is 7.29. The summed E-state index contributed by atoms with van der Waals surface area (Å²) in [4.78, 5) is 0. The summed E-state index contributed by atoms with van der Waals surface area (Å²) < 4.78 is 47.4. The number of sulfonamides is 1. The fourth-order valence-corrected chi connectivity index (χ4v) is 3.87. The highest BCUT2D eigenvalue weighted by molar-refractivity contribution is 7.95. The minimum Gasteiger partial charge on any atom is -0.398 e. The quantitative estimate of drug-likeness (QED) is 0.762. The summed E-state index contributed by atoms with van der Waals surface area (Å²) >= 11 is 0. The Kier molecular flexibility index (Phi) is 4.23. The topological polar surface area (TPSA) is 106 Å². The first-order valence-corrected chi connectivity index (χ1v) is 8.85. The highest BCUT2D eigenvalue weighted by atomic mass is 32.2. The highest BCUT2D eigenvalue weighted by Gasteiger charge is 2.14. The maximum absolute atomic E-state index is 11.6. The zero-order valence-electron chi connectivity index (χ0n) is 10.2. The second-order valence-electron chi connectivity index (χ2n) is 4.12. The van der Waals surface area contributed by atoms with E-state index < -0.39 is 31.4 Å². The number of benzene rings is 1. The Labute approximate surface area is 107 Å². The largest absolute Gasteiger partial charge is 0.398 e. The van der Waals surface area contributed by atoms with Crippen LogP contribution in [-0.2, 0) is 19.9 Å². The lowest BCUT2D eigenvalue weighted by Gasteiger charge is -2.09. The van der Waals surface area contributed by atoms with Crippen molar-refractivity contribution in [2.24, 2.45) is 0 Å². The molecule has 0 aromatic heterocycles. The van der Waals surface area contributed by atoms with Gasteiger partial charge in [-0.05, 0) is 24.6 Å². The number of anilines is 2. The van der Waals surface area contributed by atoms with Crippen molar-refractivity contribution in [1.29, 1.82) is 0 Å². The standard InChI is InChI=1S/C10H16N2O4S2/c1-8-3-4-9(7-10(8)11)12-18(15,16)6-5-17(2,13)14/h3-4,7,12H,5-6,11H2,1-2H3. The second-order valence-corrected chi connectivity index (χ2v) is 8.22. The Morgan fingerprint density at radius 1 is 1.17 bits per heavy atom. The number of aryl methyl sites for hydroxylation is 1. The molecule has 8 heteroatoms. The van der Waals surface area contributed by atoms with Crippen molar-refractivity contribution in [3.8, 4) is 0 Å². The first-order chi connectivity index (χ1) is 8.09. The van der Waals surface area contributed by atoms with Gasteiger partial charge in [-0.2, -0.15) is 0 Å². The van der Waals surface area contributed by atoms with Crippen LogP contribution >= 0.6 is 0 Å². The van der Waals surface area contributed by atoms with Gasteiger partial charge in [0.2, 0.25) is 10.0 Å². The molecule has 1 aromatic rings. The molecule has 0 atom stereocenters. The number of hydrogen-bond donors (Lipinski definition) is 2. The van der Waals surface area contributed by atoms with Crippen LogP contribution in [0.5, 0.6) is 0 Å². The fourth-order valence-electron chi connectivity index (χ4n) is 1.20. The molecule has 102 valence electrons. The first kappa shape index (κ1) is 14.8. The van der Waals surface area contributed by atoms with Crippen LogP contribution in [0.4, 0.5) is 11.4 Å². The summed E-state index contributed by atoms with van der Waals surface area (Å²) in [5, 5.41) is 0. The van der Waals surface area contributed by atoms with Crippen LogP contribution in [0.2, 0.25) is 0 Å². The number of nitrogen functional groups attached to an aromatic ring is 1. The van der Waals surface area contributed by atoms with Crippen molar-refractivity contribution in [2.75, 3.05) is 28.2 Å². The van der Waals surface area contributed by atoms with Gasteiger partial charge in [0.1, 0.15) is 9.84 Å². The Hall–Kier alpha value is -1.28. The third kappa shape index (κ3) is 4.92. The van der Waals surface area contributed by atoms with Crippen molar-refractivity contribution >= 4 is 31.2 Å². The normalized spacial score (nSPS) is 12.3. The number of sulfone groups is 1. The molecule has 1 rings (SSSR count). The molecule has 0 unspecified atom stereocenters. The molecule has 0 aliphatic heterocycles. The van der Waals surface area contributed by atoms with Gasteiger partial charge in [-0.25, -0.2) is 16.8 Å². The zero-order valence-corrected chi connectivity index (χ0v) is 11.8. The van der Waals surface area contributed by atoms with Crippen molar-refractivity contribution in [3.63, 3.8) is 0 Å². The van der Waals surface area contributed by atoms with Gasteiger partial charge >= 0.3 is 0 Å². The van der Waals surface area contributed by atoms with E-state index in [1.54, 1.807) is 19.1 Å². The molecule has 0 saturated heterocycles. The van der Waals surface area contributed by atoms with E-state index in [1.807, 2.05) is 0 Å². The molecule has 0 bridgehead atoms. The smallest absolute Gasteiger partial charge is 0.233 e. The van der Waals surface area contributed by atoms with Gasteiger partial charge in [-0.1, -0.05) is 6.07 Å². The Bertz CT molecular complexity index is 636. The van der Waals surface area contributed by atoms with E-state index in [4.69, 9.17) is 5.73 Å². The van der Waals surface area contributed by atoms with E-state index in [9.17, 15) is 16.8 Å². The van der Waals surface area contributed by atoms with E-state index in [1.165, 1.54) is 6.07 Å². The Balaban J connectivity index is 2.80. The lowest BCUT2D eigenvalue weighted by molar-refractivity contribution is 0.593. The molecule has 0 aliphatic rings. The zero-order chi connectivity index (χ0) is 14.0. The number of hydrogen-bond acceptors (Lipinski definition) is 5. The minimum absolute atomic E-state index is 0.326. The minimum atomic E-state index is -3.68. The fraction of sp³-hybridized carbons (Fsp3) is 0.400. The lowest BCUT2D eigenvalue weighted by atomic mass is 10.2. The van der Waals surface area contributed by atoms with Gasteiger partial charge in [0.25, 0.3) is 0 Å². The maximum atomic E-state index is 11.6. The summed E-state index contributed by atoms with van der Waals surface area (Å²) in [5.74, 6) is -0.886. The van der Waals surface area contributed by atoms with E-state index in [-0.39, 0.29) is 0 Å². The van der Waals surface area contributed by atoms with Crippen molar-refractivity contribution < 1.29 is 16.8 Å². The average molecular weight is 292 g/mol. The van der Waals surface area contributed by atoms with Crippen LogP contribution in [0.1, 0.15) is 5.56 Å². The summed E-state index contributed by atoms with van der Waals surface area (Å²) in [6.45, 7) is 1.80. The summed E-state index contributed by atoms with van der Waals surface area (Å²) in [7, 11) is -6.99. The predicted molar refractivity (Wildman–Crippen MR) is 72.7 cm³/mol. The number of nitrogens with one attached hydrogen (secondary N) is 1. The maximum Gasteiger partial charge on any atom is 0.233 e. The third-order valence-electron chi connectivity index (χ3n) is 2.28. The molecule has 6 nitrogen and oxygen atoms in total. The lowest BCUT2D eigenvalue weighted by Crippen LogP contribution is -2.22. The summed E-state index contributed by atoms with van der Waals surface area (Å²) in [6, 6.07) is 4.75. The van der Waals surface area contributed by atoms with E-state index in [0.717, 1.165) is 11.8 Å². The molecule has 0 aliphatic carbocycles. The molecule has 1 aromatic carbocycles. The molecule has 0 heterocycles. The molecule has 0 spiro atoms. The molecule has 0 fully saturated rings. The molecule has 0 saturated carbocycles. The molecular formula is C10H16N2O4S2. The monoisotopic (exact) mass is 292 g/mol. The SMILES string of the molecule is Cc1ccc(NS(=O)(=O)CCS(C)(=O)=O)cc1N. The van der Waals surface area contributed by atoms with Crippen LogP contribution in [0, 0.1) is 6.92 Å². The van der Waals surface area contributed by atoms with Gasteiger partial charge < -0.3 is 5.73 Å². The predicted octanol–water partition coefficient (Wildman–Crippen LogP) is 0.364. The Morgan fingerprint density at radius 3 is 2.28 bits per heavy atom. The molecule has 18 heavy (non-hydrogen) atoms. The van der Waals surface area contributed by atoms with Crippen molar-refractivity contribution in [2.45, 2.75) is 6.92 Å². The van der Waals surface area contributed by atoms with Crippen LogP contribution in [-0.4, -0.2) is 34.6 Å². The van der Waals surface area contributed by atoms with E-state index in [0.29, 0.717) is 11.4 Å². The Morgan fingerprint density at radius 2 is 1.78 bits per heavy atom. The van der Waals surface area contributed by atoms with Crippen LogP contribution in [0.3, 0.4) is 0 Å². The van der Waals surface area contributed by atoms with Gasteiger partial charge in [0, 0.05) is 11.9 Å². The molecular weight excluding hydrogens is 276 g/mol. The number of rotatable bonds is 5. The van der Waals surface area contributed by atoms with Crippen molar-refractivity contribution in [3.05, 3.63) is 23.8 Å².